The summed E-state index contributed by atoms with van der Waals surface area (Å²) in [7, 11) is 0. The quantitative estimate of drug-likeness (QED) is 0.660. The van der Waals surface area contributed by atoms with Crippen LogP contribution in [-0.4, -0.2) is 17.4 Å². The van der Waals surface area contributed by atoms with E-state index in [1.807, 2.05) is 6.07 Å². The minimum atomic E-state index is -0.342. The van der Waals surface area contributed by atoms with Gasteiger partial charge in [-0.15, -0.1) is 0 Å². The van der Waals surface area contributed by atoms with E-state index in [9.17, 15) is 9.18 Å². The van der Waals surface area contributed by atoms with Crippen LogP contribution in [0.2, 0.25) is 0 Å². The fraction of sp³-hybridized carbons (Fsp3) is 0.125. The standard InChI is InChI=1S/C16H10BrFN2O2/c17-14-4-3-13(22-14)16(21)20-6-5-10-7-9-1-2-11(18)8-12(9)19-15(10)20/h1-4,7-8H,5-6H2. The van der Waals surface area contributed by atoms with Gasteiger partial charge in [0.15, 0.2) is 10.4 Å². The molecule has 4 rings (SSSR count). The summed E-state index contributed by atoms with van der Waals surface area (Å²) in [6.07, 6.45) is 0.725. The molecule has 0 atom stereocenters. The molecular weight excluding hydrogens is 351 g/mol. The van der Waals surface area contributed by atoms with Gasteiger partial charge in [0.25, 0.3) is 5.91 Å². The van der Waals surface area contributed by atoms with Crippen LogP contribution in [0.15, 0.2) is 45.5 Å². The molecule has 22 heavy (non-hydrogen) atoms. The predicted octanol–water partition coefficient (Wildman–Crippen LogP) is 3.93. The number of carbonyl (C=O) groups excluding carboxylic acids is 1. The molecule has 1 aliphatic heterocycles. The number of rotatable bonds is 1. The first-order valence-corrected chi connectivity index (χ1v) is 7.57. The van der Waals surface area contributed by atoms with Gasteiger partial charge in [-0.05, 0) is 58.2 Å². The summed E-state index contributed by atoms with van der Waals surface area (Å²) in [5.41, 5.74) is 1.53. The van der Waals surface area contributed by atoms with Crippen LogP contribution in [0.5, 0.6) is 0 Å². The number of fused-ring (bicyclic) bond motifs is 2. The number of amides is 1. The molecule has 3 aromatic rings. The summed E-state index contributed by atoms with van der Waals surface area (Å²) in [4.78, 5) is 18.6. The predicted molar refractivity (Wildman–Crippen MR) is 83.5 cm³/mol. The maximum atomic E-state index is 13.4. The van der Waals surface area contributed by atoms with Gasteiger partial charge in [0.05, 0.1) is 5.52 Å². The van der Waals surface area contributed by atoms with E-state index in [4.69, 9.17) is 4.42 Å². The molecule has 0 spiro atoms. The van der Waals surface area contributed by atoms with Crippen molar-refractivity contribution in [3.63, 3.8) is 0 Å². The lowest BCUT2D eigenvalue weighted by Gasteiger charge is -2.15. The molecular formula is C16H10BrFN2O2. The van der Waals surface area contributed by atoms with Gasteiger partial charge in [-0.25, -0.2) is 9.37 Å². The summed E-state index contributed by atoms with van der Waals surface area (Å²) < 4.78 is 19.2. The lowest BCUT2D eigenvalue weighted by molar-refractivity contribution is 0.0961. The second-order valence-corrected chi connectivity index (χ2v) is 5.90. The molecule has 6 heteroatoms. The monoisotopic (exact) mass is 360 g/mol. The number of anilines is 1. The Balaban J connectivity index is 1.79. The van der Waals surface area contributed by atoms with Crippen LogP contribution >= 0.6 is 15.9 Å². The average molecular weight is 361 g/mol. The highest BCUT2D eigenvalue weighted by atomic mass is 79.9. The average Bonchev–Trinajstić information content (AvgIpc) is 3.10. The van der Waals surface area contributed by atoms with E-state index in [0.717, 1.165) is 17.4 Å². The van der Waals surface area contributed by atoms with Crippen molar-refractivity contribution in [3.8, 4) is 0 Å². The lowest BCUT2D eigenvalue weighted by Crippen LogP contribution is -2.29. The zero-order valence-corrected chi connectivity index (χ0v) is 12.9. The van der Waals surface area contributed by atoms with Crippen molar-refractivity contribution in [3.05, 3.63) is 58.2 Å². The summed E-state index contributed by atoms with van der Waals surface area (Å²) >= 11 is 3.19. The first-order valence-electron chi connectivity index (χ1n) is 6.78. The van der Waals surface area contributed by atoms with Gasteiger partial charge in [-0.3, -0.25) is 9.69 Å². The third kappa shape index (κ3) is 2.11. The molecule has 4 nitrogen and oxygen atoms in total. The normalized spacial score (nSPS) is 13.6. The molecule has 0 saturated heterocycles. The molecule has 0 N–H and O–H groups in total. The number of aromatic nitrogens is 1. The molecule has 3 heterocycles. The van der Waals surface area contributed by atoms with Crippen molar-refractivity contribution in [2.45, 2.75) is 6.42 Å². The number of hydrogen-bond acceptors (Lipinski definition) is 3. The Morgan fingerprint density at radius 2 is 2.14 bits per heavy atom. The third-order valence-electron chi connectivity index (χ3n) is 3.73. The minimum absolute atomic E-state index is 0.243. The van der Waals surface area contributed by atoms with Crippen LogP contribution < -0.4 is 4.90 Å². The number of hydrogen-bond donors (Lipinski definition) is 0. The second kappa shape index (κ2) is 4.91. The highest BCUT2D eigenvalue weighted by Crippen LogP contribution is 2.31. The van der Waals surface area contributed by atoms with Gasteiger partial charge in [0.1, 0.15) is 11.6 Å². The molecule has 0 radical (unpaired) electrons. The minimum Gasteiger partial charge on any atom is -0.444 e. The van der Waals surface area contributed by atoms with Crippen molar-refractivity contribution < 1.29 is 13.6 Å². The van der Waals surface area contributed by atoms with E-state index in [2.05, 4.69) is 20.9 Å². The summed E-state index contributed by atoms with van der Waals surface area (Å²) in [6.45, 7) is 0.540. The molecule has 0 bridgehead atoms. The van der Waals surface area contributed by atoms with Crippen molar-refractivity contribution >= 4 is 38.6 Å². The summed E-state index contributed by atoms with van der Waals surface area (Å²) in [5.74, 6) is 0.245. The molecule has 2 aromatic heterocycles. The fourth-order valence-corrected chi connectivity index (χ4v) is 3.00. The maximum Gasteiger partial charge on any atom is 0.295 e. The third-order valence-corrected chi connectivity index (χ3v) is 4.15. The van der Waals surface area contributed by atoms with Crippen LogP contribution in [0.1, 0.15) is 16.1 Å². The van der Waals surface area contributed by atoms with Gasteiger partial charge in [0, 0.05) is 18.0 Å². The van der Waals surface area contributed by atoms with Crippen LogP contribution in [0.4, 0.5) is 10.2 Å². The van der Waals surface area contributed by atoms with Crippen LogP contribution in [0.3, 0.4) is 0 Å². The SMILES string of the molecule is O=C(c1ccc(Br)o1)N1CCc2cc3ccc(F)cc3nc21. The first kappa shape index (κ1) is 13.5. The van der Waals surface area contributed by atoms with Gasteiger partial charge < -0.3 is 4.42 Å². The molecule has 0 fully saturated rings. The summed E-state index contributed by atoms with van der Waals surface area (Å²) in [6, 6.07) is 9.74. The first-order chi connectivity index (χ1) is 10.6. The van der Waals surface area contributed by atoms with Crippen molar-refractivity contribution in [1.29, 1.82) is 0 Å². The Morgan fingerprint density at radius 3 is 2.91 bits per heavy atom. The zero-order chi connectivity index (χ0) is 15.3. The molecule has 1 aliphatic rings. The fourth-order valence-electron chi connectivity index (χ4n) is 2.69. The van der Waals surface area contributed by atoms with Crippen LogP contribution in [-0.2, 0) is 6.42 Å². The topological polar surface area (TPSA) is 46.3 Å². The Morgan fingerprint density at radius 1 is 1.27 bits per heavy atom. The smallest absolute Gasteiger partial charge is 0.295 e. The van der Waals surface area contributed by atoms with E-state index in [0.29, 0.717) is 22.5 Å². The molecule has 1 aromatic carbocycles. The van der Waals surface area contributed by atoms with Crippen molar-refractivity contribution in [2.24, 2.45) is 0 Å². The number of nitrogens with zero attached hydrogens (tertiary/aromatic N) is 2. The summed E-state index contributed by atoms with van der Waals surface area (Å²) in [5, 5.41) is 0.871. The van der Waals surface area contributed by atoms with E-state index in [1.165, 1.54) is 12.1 Å². The highest BCUT2D eigenvalue weighted by Gasteiger charge is 2.29. The Hall–Kier alpha value is -2.21. The molecule has 0 saturated carbocycles. The number of furan rings is 1. The van der Waals surface area contributed by atoms with E-state index < -0.39 is 0 Å². The number of halogens is 2. The molecule has 0 aliphatic carbocycles. The Kier molecular flexibility index (Phi) is 3.00. The second-order valence-electron chi connectivity index (χ2n) is 5.12. The largest absolute Gasteiger partial charge is 0.444 e. The van der Waals surface area contributed by atoms with E-state index in [-0.39, 0.29) is 17.5 Å². The van der Waals surface area contributed by atoms with Gasteiger partial charge in [0.2, 0.25) is 0 Å². The number of carbonyl (C=O) groups is 1. The van der Waals surface area contributed by atoms with Crippen molar-refractivity contribution in [2.75, 3.05) is 11.4 Å². The molecule has 1 amide bonds. The Labute approximate surface area is 133 Å². The van der Waals surface area contributed by atoms with Crippen LogP contribution in [0.25, 0.3) is 10.9 Å². The number of pyridine rings is 1. The van der Waals surface area contributed by atoms with Gasteiger partial charge in [-0.2, -0.15) is 0 Å². The van der Waals surface area contributed by atoms with Gasteiger partial charge >= 0.3 is 0 Å². The number of benzene rings is 1. The lowest BCUT2D eigenvalue weighted by atomic mass is 10.1. The van der Waals surface area contributed by atoms with Gasteiger partial charge in [-0.1, -0.05) is 0 Å². The maximum absolute atomic E-state index is 13.4. The zero-order valence-electron chi connectivity index (χ0n) is 11.3. The molecule has 0 unspecified atom stereocenters. The Bertz CT molecular complexity index is 906. The molecule has 110 valence electrons. The van der Waals surface area contributed by atoms with Crippen LogP contribution in [0, 0.1) is 5.82 Å². The van der Waals surface area contributed by atoms with Crippen molar-refractivity contribution in [1.82, 2.24) is 4.98 Å². The van der Waals surface area contributed by atoms with E-state index in [1.54, 1.807) is 23.1 Å². The van der Waals surface area contributed by atoms with E-state index >= 15 is 0 Å². The highest BCUT2D eigenvalue weighted by molar-refractivity contribution is 9.10.